The summed E-state index contributed by atoms with van der Waals surface area (Å²) in [7, 11) is 0. The van der Waals surface area contributed by atoms with Gasteiger partial charge in [0.15, 0.2) is 0 Å². The van der Waals surface area contributed by atoms with E-state index < -0.39 is 0 Å². The van der Waals surface area contributed by atoms with Gasteiger partial charge in [-0.25, -0.2) is 4.39 Å². The molecule has 0 nitrogen and oxygen atoms in total. The quantitative estimate of drug-likeness (QED) is 0.358. The van der Waals surface area contributed by atoms with Crippen LogP contribution in [0, 0.1) is 21.2 Å². The van der Waals surface area contributed by atoms with Crippen LogP contribution < -0.4 is 0 Å². The largest absolute Gasteiger partial charge is 0.206 e. The van der Waals surface area contributed by atoms with Gasteiger partial charge in [0.05, 0.1) is 0 Å². The van der Waals surface area contributed by atoms with Gasteiger partial charge in [-0.15, -0.1) is 0 Å². The van der Waals surface area contributed by atoms with Gasteiger partial charge in [0, 0.05) is 3.57 Å². The van der Waals surface area contributed by atoms with Crippen molar-refractivity contribution in [3.63, 3.8) is 0 Å². The number of rotatable bonds is 6. The number of benzene rings is 1. The molecule has 0 amide bonds. The van der Waals surface area contributed by atoms with Crippen molar-refractivity contribution in [2.45, 2.75) is 71.1 Å². The average molecular weight is 402 g/mol. The molecule has 0 aromatic heterocycles. The Balaban J connectivity index is 1.85. The van der Waals surface area contributed by atoms with Gasteiger partial charge in [0.1, 0.15) is 5.82 Å². The Hall–Kier alpha value is -0.120. The molecule has 21 heavy (non-hydrogen) atoms. The summed E-state index contributed by atoms with van der Waals surface area (Å²) in [6.45, 7) is 4.56. The molecule has 1 unspecified atom stereocenters. The van der Waals surface area contributed by atoms with Crippen LogP contribution in [0.2, 0.25) is 0 Å². The predicted molar refractivity (Wildman–Crippen MR) is 97.1 cm³/mol. The SMILES string of the molecule is CCCCCC1CCC(C(C)c2ccc(I)c(F)c2)CC1. The summed E-state index contributed by atoms with van der Waals surface area (Å²) in [4.78, 5) is 0. The van der Waals surface area contributed by atoms with E-state index in [0.717, 1.165) is 15.4 Å². The second kappa shape index (κ2) is 8.50. The van der Waals surface area contributed by atoms with E-state index >= 15 is 0 Å². The highest BCUT2D eigenvalue weighted by Crippen LogP contribution is 2.39. The maximum absolute atomic E-state index is 13.7. The Labute approximate surface area is 143 Å². The summed E-state index contributed by atoms with van der Waals surface area (Å²) < 4.78 is 14.5. The van der Waals surface area contributed by atoms with Gasteiger partial charge in [-0.3, -0.25) is 0 Å². The van der Waals surface area contributed by atoms with Crippen LogP contribution in [0.25, 0.3) is 0 Å². The first-order valence-corrected chi connectivity index (χ1v) is 9.64. The van der Waals surface area contributed by atoms with Gasteiger partial charge >= 0.3 is 0 Å². The Morgan fingerprint density at radius 2 is 1.90 bits per heavy atom. The third-order valence-corrected chi connectivity index (χ3v) is 6.16. The Morgan fingerprint density at radius 3 is 2.52 bits per heavy atom. The molecule has 1 fully saturated rings. The van der Waals surface area contributed by atoms with E-state index in [2.05, 4.69) is 42.5 Å². The Kier molecular flexibility index (Phi) is 6.97. The van der Waals surface area contributed by atoms with Crippen LogP contribution in [-0.4, -0.2) is 0 Å². The molecule has 1 aromatic carbocycles. The van der Waals surface area contributed by atoms with Gasteiger partial charge in [-0.2, -0.15) is 0 Å². The Morgan fingerprint density at radius 1 is 1.19 bits per heavy atom. The minimum Gasteiger partial charge on any atom is -0.206 e. The number of unbranched alkanes of at least 4 members (excludes halogenated alkanes) is 2. The fourth-order valence-electron chi connectivity index (χ4n) is 3.73. The molecule has 2 heteroatoms. The van der Waals surface area contributed by atoms with Crippen LogP contribution in [0.15, 0.2) is 18.2 Å². The molecule has 0 heterocycles. The lowest BCUT2D eigenvalue weighted by atomic mass is 9.73. The molecule has 1 aliphatic carbocycles. The maximum Gasteiger partial charge on any atom is 0.136 e. The summed E-state index contributed by atoms with van der Waals surface area (Å²) in [5, 5.41) is 0. The molecule has 0 aliphatic heterocycles. The topological polar surface area (TPSA) is 0 Å². The summed E-state index contributed by atoms with van der Waals surface area (Å²) in [5.41, 5.74) is 1.18. The fraction of sp³-hybridized carbons (Fsp3) is 0.684. The second-order valence-corrected chi connectivity index (χ2v) is 7.90. The first kappa shape index (κ1) is 17.2. The number of halogens is 2. The lowest BCUT2D eigenvalue weighted by Gasteiger charge is -2.32. The van der Waals surface area contributed by atoms with Crippen molar-refractivity contribution in [2.75, 3.05) is 0 Å². The molecular weight excluding hydrogens is 374 g/mol. The van der Waals surface area contributed by atoms with Crippen LogP contribution in [0.3, 0.4) is 0 Å². The van der Waals surface area contributed by atoms with E-state index in [0.29, 0.717) is 5.92 Å². The summed E-state index contributed by atoms with van der Waals surface area (Å²) in [6, 6.07) is 5.78. The first-order chi connectivity index (χ1) is 10.1. The molecule has 0 saturated heterocycles. The van der Waals surface area contributed by atoms with Gasteiger partial charge in [0.25, 0.3) is 0 Å². The van der Waals surface area contributed by atoms with Crippen LogP contribution in [-0.2, 0) is 0 Å². The van der Waals surface area contributed by atoms with Gasteiger partial charge in [-0.1, -0.05) is 58.4 Å². The molecule has 1 atom stereocenters. The third kappa shape index (κ3) is 4.94. The fourth-order valence-corrected chi connectivity index (χ4v) is 4.06. The van der Waals surface area contributed by atoms with E-state index in [4.69, 9.17) is 0 Å². The van der Waals surface area contributed by atoms with Crippen LogP contribution in [0.4, 0.5) is 4.39 Å². The monoisotopic (exact) mass is 402 g/mol. The van der Waals surface area contributed by atoms with Crippen molar-refractivity contribution < 1.29 is 4.39 Å². The van der Waals surface area contributed by atoms with Crippen molar-refractivity contribution in [3.05, 3.63) is 33.1 Å². The third-order valence-electron chi connectivity index (χ3n) is 5.28. The van der Waals surface area contributed by atoms with Gasteiger partial charge < -0.3 is 0 Å². The Bertz CT molecular complexity index is 435. The van der Waals surface area contributed by atoms with Gasteiger partial charge in [0.2, 0.25) is 0 Å². The smallest absolute Gasteiger partial charge is 0.136 e. The van der Waals surface area contributed by atoms with E-state index in [1.54, 1.807) is 6.07 Å². The van der Waals surface area contributed by atoms with Crippen molar-refractivity contribution in [2.24, 2.45) is 11.8 Å². The van der Waals surface area contributed by atoms with Crippen molar-refractivity contribution in [3.8, 4) is 0 Å². The van der Waals surface area contributed by atoms with Gasteiger partial charge in [-0.05, 0) is 70.9 Å². The molecule has 0 bridgehead atoms. The van der Waals surface area contributed by atoms with Crippen LogP contribution in [0.1, 0.15) is 76.7 Å². The predicted octanol–water partition coefficient (Wildman–Crippen LogP) is 6.92. The molecule has 2 rings (SSSR count). The molecule has 0 spiro atoms. The molecule has 0 N–H and O–H groups in total. The zero-order valence-electron chi connectivity index (χ0n) is 13.4. The van der Waals surface area contributed by atoms with Crippen LogP contribution >= 0.6 is 22.6 Å². The second-order valence-electron chi connectivity index (χ2n) is 6.74. The first-order valence-electron chi connectivity index (χ1n) is 8.56. The molecule has 1 saturated carbocycles. The van der Waals surface area contributed by atoms with E-state index in [-0.39, 0.29) is 5.82 Å². The van der Waals surface area contributed by atoms with E-state index in [1.807, 2.05) is 6.07 Å². The van der Waals surface area contributed by atoms with E-state index in [9.17, 15) is 4.39 Å². The summed E-state index contributed by atoms with van der Waals surface area (Å²) in [6.07, 6.45) is 11.0. The molecular formula is C19H28FI. The highest BCUT2D eigenvalue weighted by molar-refractivity contribution is 14.1. The van der Waals surface area contributed by atoms with Crippen LogP contribution in [0.5, 0.6) is 0 Å². The van der Waals surface area contributed by atoms with E-state index in [1.165, 1.54) is 56.9 Å². The lowest BCUT2D eigenvalue weighted by Crippen LogP contribution is -2.19. The zero-order chi connectivity index (χ0) is 15.2. The maximum atomic E-state index is 13.7. The molecule has 1 aromatic rings. The highest BCUT2D eigenvalue weighted by atomic mass is 127. The minimum atomic E-state index is -0.0619. The molecule has 1 aliphatic rings. The zero-order valence-corrected chi connectivity index (χ0v) is 15.5. The standard InChI is InChI=1S/C19H28FI/c1-3-4-5-6-15-7-9-16(10-8-15)14(2)17-11-12-19(21)18(20)13-17/h11-16H,3-10H2,1-2H3. The molecule has 0 radical (unpaired) electrons. The normalized spacial score (nSPS) is 24.0. The average Bonchev–Trinajstić information content (AvgIpc) is 2.50. The summed E-state index contributed by atoms with van der Waals surface area (Å²) in [5.74, 6) is 2.13. The van der Waals surface area contributed by atoms with Crippen molar-refractivity contribution in [1.29, 1.82) is 0 Å². The minimum absolute atomic E-state index is 0.0619. The molecule has 118 valence electrons. The van der Waals surface area contributed by atoms with Crippen molar-refractivity contribution in [1.82, 2.24) is 0 Å². The van der Waals surface area contributed by atoms with Crippen molar-refractivity contribution >= 4 is 22.6 Å². The summed E-state index contributed by atoms with van der Waals surface area (Å²) >= 11 is 2.06. The number of hydrogen-bond donors (Lipinski definition) is 0. The highest BCUT2D eigenvalue weighted by Gasteiger charge is 2.26. The number of hydrogen-bond acceptors (Lipinski definition) is 0. The lowest BCUT2D eigenvalue weighted by molar-refractivity contribution is 0.236.